The van der Waals surface area contributed by atoms with Crippen LogP contribution < -0.4 is 0 Å². The van der Waals surface area contributed by atoms with Crippen LogP contribution >= 0.6 is 0 Å². The standard InChI is InChI=1S/C16H14F2O/c1-3-14(19)11-5-4-6-12(9-11)15-13(17)8-7-10(2)16(15)18/h4-9H,3H2,1-2H3. The van der Waals surface area contributed by atoms with E-state index in [0.29, 0.717) is 23.1 Å². The van der Waals surface area contributed by atoms with Crippen molar-refractivity contribution in [3.63, 3.8) is 0 Å². The van der Waals surface area contributed by atoms with Crippen LogP contribution in [0.1, 0.15) is 29.3 Å². The highest BCUT2D eigenvalue weighted by molar-refractivity contribution is 5.97. The van der Waals surface area contributed by atoms with Gasteiger partial charge in [0, 0.05) is 12.0 Å². The molecule has 0 aromatic heterocycles. The lowest BCUT2D eigenvalue weighted by Crippen LogP contribution is -1.98. The van der Waals surface area contributed by atoms with Crippen LogP contribution in [0.5, 0.6) is 0 Å². The van der Waals surface area contributed by atoms with E-state index in [-0.39, 0.29) is 11.3 Å². The molecule has 0 bridgehead atoms. The molecule has 0 aliphatic carbocycles. The molecule has 0 heterocycles. The maximum atomic E-state index is 14.0. The fraction of sp³-hybridized carbons (Fsp3) is 0.188. The molecule has 3 heteroatoms. The molecule has 0 saturated carbocycles. The Hall–Kier alpha value is -2.03. The second-order valence-corrected chi connectivity index (χ2v) is 4.41. The van der Waals surface area contributed by atoms with Crippen molar-refractivity contribution in [3.8, 4) is 11.1 Å². The highest BCUT2D eigenvalue weighted by Gasteiger charge is 2.14. The van der Waals surface area contributed by atoms with Crippen LogP contribution in [0.15, 0.2) is 36.4 Å². The van der Waals surface area contributed by atoms with E-state index in [4.69, 9.17) is 0 Å². The van der Waals surface area contributed by atoms with E-state index in [0.717, 1.165) is 0 Å². The van der Waals surface area contributed by atoms with Crippen molar-refractivity contribution in [1.82, 2.24) is 0 Å². The predicted molar refractivity (Wildman–Crippen MR) is 71.2 cm³/mol. The maximum absolute atomic E-state index is 14.0. The monoisotopic (exact) mass is 260 g/mol. The molecule has 2 aromatic carbocycles. The van der Waals surface area contributed by atoms with E-state index >= 15 is 0 Å². The van der Waals surface area contributed by atoms with E-state index in [1.54, 1.807) is 32.0 Å². The van der Waals surface area contributed by atoms with Gasteiger partial charge < -0.3 is 0 Å². The van der Waals surface area contributed by atoms with Gasteiger partial charge >= 0.3 is 0 Å². The van der Waals surface area contributed by atoms with Crippen molar-refractivity contribution in [1.29, 1.82) is 0 Å². The van der Waals surface area contributed by atoms with Crippen LogP contribution in [-0.4, -0.2) is 5.78 Å². The van der Waals surface area contributed by atoms with Crippen molar-refractivity contribution >= 4 is 5.78 Å². The third-order valence-electron chi connectivity index (χ3n) is 3.08. The smallest absolute Gasteiger partial charge is 0.162 e. The largest absolute Gasteiger partial charge is 0.294 e. The fourth-order valence-corrected chi connectivity index (χ4v) is 1.97. The number of rotatable bonds is 3. The van der Waals surface area contributed by atoms with Gasteiger partial charge in [-0.25, -0.2) is 8.78 Å². The molecule has 0 spiro atoms. The highest BCUT2D eigenvalue weighted by Crippen LogP contribution is 2.28. The Morgan fingerprint density at radius 1 is 1.16 bits per heavy atom. The van der Waals surface area contributed by atoms with Crippen LogP contribution in [0.3, 0.4) is 0 Å². The third-order valence-corrected chi connectivity index (χ3v) is 3.08. The molecule has 0 fully saturated rings. The van der Waals surface area contributed by atoms with E-state index in [1.165, 1.54) is 18.2 Å². The topological polar surface area (TPSA) is 17.1 Å². The number of carbonyl (C=O) groups is 1. The lowest BCUT2D eigenvalue weighted by molar-refractivity contribution is 0.0988. The van der Waals surface area contributed by atoms with Gasteiger partial charge in [-0.15, -0.1) is 0 Å². The summed E-state index contributed by atoms with van der Waals surface area (Å²) in [7, 11) is 0. The molecule has 98 valence electrons. The van der Waals surface area contributed by atoms with Crippen molar-refractivity contribution in [2.75, 3.05) is 0 Å². The van der Waals surface area contributed by atoms with Crippen molar-refractivity contribution in [3.05, 3.63) is 59.2 Å². The average molecular weight is 260 g/mol. The lowest BCUT2D eigenvalue weighted by atomic mass is 9.98. The van der Waals surface area contributed by atoms with Gasteiger partial charge in [-0.05, 0) is 30.2 Å². The second kappa shape index (κ2) is 5.31. The Morgan fingerprint density at radius 3 is 2.58 bits per heavy atom. The maximum Gasteiger partial charge on any atom is 0.162 e. The third kappa shape index (κ3) is 2.55. The van der Waals surface area contributed by atoms with E-state index < -0.39 is 11.6 Å². The molecule has 19 heavy (non-hydrogen) atoms. The Bertz CT molecular complexity index is 633. The van der Waals surface area contributed by atoms with Gasteiger partial charge in [-0.1, -0.05) is 31.2 Å². The number of benzene rings is 2. The summed E-state index contributed by atoms with van der Waals surface area (Å²) in [5.74, 6) is -1.25. The zero-order valence-electron chi connectivity index (χ0n) is 10.8. The van der Waals surface area contributed by atoms with Gasteiger partial charge in [0.1, 0.15) is 11.6 Å². The minimum Gasteiger partial charge on any atom is -0.294 e. The zero-order valence-corrected chi connectivity index (χ0v) is 10.8. The molecule has 0 radical (unpaired) electrons. The van der Waals surface area contributed by atoms with Crippen LogP contribution in [0, 0.1) is 18.6 Å². The molecule has 1 nitrogen and oxygen atoms in total. The van der Waals surface area contributed by atoms with Crippen molar-refractivity contribution in [2.45, 2.75) is 20.3 Å². The van der Waals surface area contributed by atoms with Crippen LogP contribution in [0.4, 0.5) is 8.78 Å². The Labute approximate surface area is 110 Å². The summed E-state index contributed by atoms with van der Waals surface area (Å²) in [6.07, 6.45) is 0.363. The summed E-state index contributed by atoms with van der Waals surface area (Å²) < 4.78 is 27.8. The van der Waals surface area contributed by atoms with Crippen LogP contribution in [0.2, 0.25) is 0 Å². The number of ketones is 1. The molecule has 0 aliphatic rings. The zero-order chi connectivity index (χ0) is 14.0. The fourth-order valence-electron chi connectivity index (χ4n) is 1.97. The number of carbonyl (C=O) groups excluding carboxylic acids is 1. The van der Waals surface area contributed by atoms with E-state index in [1.807, 2.05) is 0 Å². The summed E-state index contributed by atoms with van der Waals surface area (Å²) in [4.78, 5) is 11.6. The molecular weight excluding hydrogens is 246 g/mol. The van der Waals surface area contributed by atoms with Gasteiger partial charge in [0.05, 0.1) is 5.56 Å². The number of hydrogen-bond donors (Lipinski definition) is 0. The number of halogens is 2. The minimum atomic E-state index is -0.621. The molecule has 2 aromatic rings. The number of Topliss-reactive ketones (excluding diaryl/α,β-unsaturated/α-hetero) is 1. The Balaban J connectivity index is 2.60. The first-order valence-electron chi connectivity index (χ1n) is 6.12. The van der Waals surface area contributed by atoms with Gasteiger partial charge in [0.2, 0.25) is 0 Å². The quantitative estimate of drug-likeness (QED) is 0.741. The first-order chi connectivity index (χ1) is 9.04. The number of aryl methyl sites for hydroxylation is 1. The van der Waals surface area contributed by atoms with Gasteiger partial charge in [0.25, 0.3) is 0 Å². The van der Waals surface area contributed by atoms with Crippen LogP contribution in [0.25, 0.3) is 11.1 Å². The summed E-state index contributed by atoms with van der Waals surface area (Å²) in [6.45, 7) is 3.34. The molecule has 0 saturated heterocycles. The summed E-state index contributed by atoms with van der Waals surface area (Å²) in [5, 5.41) is 0. The van der Waals surface area contributed by atoms with E-state index in [2.05, 4.69) is 0 Å². The van der Waals surface area contributed by atoms with E-state index in [9.17, 15) is 13.6 Å². The second-order valence-electron chi connectivity index (χ2n) is 4.41. The first-order valence-corrected chi connectivity index (χ1v) is 6.12. The normalized spacial score (nSPS) is 10.5. The van der Waals surface area contributed by atoms with Gasteiger partial charge in [-0.3, -0.25) is 4.79 Å². The predicted octanol–water partition coefficient (Wildman–Crippen LogP) is 4.53. The minimum absolute atomic E-state index is 0.0460. The molecule has 2 rings (SSSR count). The first kappa shape index (κ1) is 13.4. The molecule has 0 amide bonds. The highest BCUT2D eigenvalue weighted by atomic mass is 19.1. The molecule has 0 aliphatic heterocycles. The molecule has 0 atom stereocenters. The summed E-state index contributed by atoms with van der Waals surface area (Å²) in [5.41, 5.74) is 1.16. The summed E-state index contributed by atoms with van der Waals surface area (Å²) in [6, 6.07) is 9.07. The van der Waals surface area contributed by atoms with Gasteiger partial charge in [-0.2, -0.15) is 0 Å². The van der Waals surface area contributed by atoms with Crippen LogP contribution in [-0.2, 0) is 0 Å². The number of hydrogen-bond acceptors (Lipinski definition) is 1. The van der Waals surface area contributed by atoms with Crippen molar-refractivity contribution in [2.24, 2.45) is 0 Å². The molecule has 0 unspecified atom stereocenters. The Morgan fingerprint density at radius 2 is 1.89 bits per heavy atom. The SMILES string of the molecule is CCC(=O)c1cccc(-c2c(F)ccc(C)c2F)c1. The molecular formula is C16H14F2O. The molecule has 0 N–H and O–H groups in total. The lowest BCUT2D eigenvalue weighted by Gasteiger charge is -2.08. The Kier molecular flexibility index (Phi) is 3.74. The summed E-state index contributed by atoms with van der Waals surface area (Å²) >= 11 is 0. The average Bonchev–Trinajstić information content (AvgIpc) is 2.43. The van der Waals surface area contributed by atoms with Gasteiger partial charge in [0.15, 0.2) is 5.78 Å². The van der Waals surface area contributed by atoms with Crippen molar-refractivity contribution < 1.29 is 13.6 Å².